The van der Waals surface area contributed by atoms with E-state index in [4.69, 9.17) is 14.6 Å². The number of hydrogen-bond donors (Lipinski definition) is 1. The van der Waals surface area contributed by atoms with Gasteiger partial charge in [-0.25, -0.2) is 4.79 Å². The van der Waals surface area contributed by atoms with Crippen molar-refractivity contribution in [3.63, 3.8) is 0 Å². The molecule has 0 saturated carbocycles. The molecule has 0 aromatic heterocycles. The summed E-state index contributed by atoms with van der Waals surface area (Å²) in [7, 11) is 1.47. The number of ether oxygens (including phenoxy) is 2. The minimum Gasteiger partial charge on any atom is -0.493 e. The standard InChI is InChI=1S/C13H14O5/c1-9(5-13(15)16)8-18-11-4-3-10(7-14)6-12(11)17-2/h3-7H,8H2,1-2H3,(H,15,16). The van der Waals surface area contributed by atoms with Crippen molar-refractivity contribution in [2.24, 2.45) is 0 Å². The Hall–Kier alpha value is -2.30. The van der Waals surface area contributed by atoms with Crippen molar-refractivity contribution in [1.82, 2.24) is 0 Å². The van der Waals surface area contributed by atoms with Crippen molar-refractivity contribution in [2.45, 2.75) is 6.92 Å². The largest absolute Gasteiger partial charge is 0.493 e. The van der Waals surface area contributed by atoms with E-state index in [9.17, 15) is 9.59 Å². The molecular formula is C13H14O5. The van der Waals surface area contributed by atoms with Crippen LogP contribution < -0.4 is 9.47 Å². The molecule has 1 N–H and O–H groups in total. The molecule has 5 nitrogen and oxygen atoms in total. The maximum Gasteiger partial charge on any atom is 0.328 e. The van der Waals surface area contributed by atoms with Crippen LogP contribution >= 0.6 is 0 Å². The van der Waals surface area contributed by atoms with E-state index in [2.05, 4.69) is 0 Å². The number of methoxy groups -OCH3 is 1. The van der Waals surface area contributed by atoms with E-state index in [-0.39, 0.29) is 6.61 Å². The molecule has 1 aromatic carbocycles. The molecule has 1 rings (SSSR count). The monoisotopic (exact) mass is 250 g/mol. The van der Waals surface area contributed by atoms with Crippen LogP contribution in [0.4, 0.5) is 0 Å². The number of aliphatic carboxylic acids is 1. The van der Waals surface area contributed by atoms with Gasteiger partial charge in [0.25, 0.3) is 0 Å². The summed E-state index contributed by atoms with van der Waals surface area (Å²) in [5, 5.41) is 8.55. The molecule has 0 aliphatic rings. The fourth-order valence-electron chi connectivity index (χ4n) is 1.32. The Morgan fingerprint density at radius 1 is 1.39 bits per heavy atom. The molecule has 18 heavy (non-hydrogen) atoms. The molecule has 5 heteroatoms. The zero-order chi connectivity index (χ0) is 13.5. The van der Waals surface area contributed by atoms with E-state index in [0.29, 0.717) is 28.9 Å². The molecule has 0 amide bonds. The average molecular weight is 250 g/mol. The topological polar surface area (TPSA) is 72.8 Å². The summed E-state index contributed by atoms with van der Waals surface area (Å²) in [4.78, 5) is 21.0. The van der Waals surface area contributed by atoms with Crippen LogP contribution in [0.2, 0.25) is 0 Å². The predicted molar refractivity (Wildman–Crippen MR) is 65.3 cm³/mol. The van der Waals surface area contributed by atoms with Gasteiger partial charge in [0.1, 0.15) is 12.9 Å². The molecule has 0 bridgehead atoms. The molecular weight excluding hydrogens is 236 g/mol. The third kappa shape index (κ3) is 3.93. The maximum atomic E-state index is 10.6. The summed E-state index contributed by atoms with van der Waals surface area (Å²) in [6.45, 7) is 1.80. The highest BCUT2D eigenvalue weighted by molar-refractivity contribution is 5.80. The number of aldehydes is 1. The van der Waals surface area contributed by atoms with E-state index >= 15 is 0 Å². The lowest BCUT2D eigenvalue weighted by atomic mass is 10.2. The Labute approximate surface area is 105 Å². The highest BCUT2D eigenvalue weighted by Crippen LogP contribution is 2.27. The first-order valence-corrected chi connectivity index (χ1v) is 5.23. The molecule has 0 unspecified atom stereocenters. The highest BCUT2D eigenvalue weighted by Gasteiger charge is 2.06. The van der Waals surface area contributed by atoms with E-state index in [0.717, 1.165) is 6.08 Å². The van der Waals surface area contributed by atoms with Crippen molar-refractivity contribution in [3.05, 3.63) is 35.4 Å². The second kappa shape index (κ2) is 6.44. The van der Waals surface area contributed by atoms with E-state index in [1.54, 1.807) is 25.1 Å². The molecule has 0 fully saturated rings. The molecule has 1 aromatic rings. The first kappa shape index (κ1) is 13.8. The van der Waals surface area contributed by atoms with Crippen molar-refractivity contribution in [1.29, 1.82) is 0 Å². The van der Waals surface area contributed by atoms with Crippen LogP contribution in [0.5, 0.6) is 11.5 Å². The van der Waals surface area contributed by atoms with Crippen molar-refractivity contribution in [3.8, 4) is 11.5 Å². The lowest BCUT2D eigenvalue weighted by Crippen LogP contribution is -2.03. The third-order valence-electron chi connectivity index (χ3n) is 2.15. The van der Waals surface area contributed by atoms with Crippen LogP contribution in [0.25, 0.3) is 0 Å². The van der Waals surface area contributed by atoms with E-state index in [1.807, 2.05) is 0 Å². The lowest BCUT2D eigenvalue weighted by Gasteiger charge is -2.10. The Morgan fingerprint density at radius 2 is 2.11 bits per heavy atom. The van der Waals surface area contributed by atoms with Gasteiger partial charge in [-0.15, -0.1) is 0 Å². The van der Waals surface area contributed by atoms with Gasteiger partial charge in [0.05, 0.1) is 7.11 Å². The third-order valence-corrected chi connectivity index (χ3v) is 2.15. The first-order chi connectivity index (χ1) is 8.56. The summed E-state index contributed by atoms with van der Waals surface area (Å²) in [6, 6.07) is 4.76. The summed E-state index contributed by atoms with van der Waals surface area (Å²) >= 11 is 0. The smallest absolute Gasteiger partial charge is 0.328 e. The van der Waals surface area contributed by atoms with Crippen molar-refractivity contribution in [2.75, 3.05) is 13.7 Å². The van der Waals surface area contributed by atoms with Gasteiger partial charge in [0.2, 0.25) is 0 Å². The molecule has 0 atom stereocenters. The molecule has 0 radical (unpaired) electrons. The summed E-state index contributed by atoms with van der Waals surface area (Å²) in [5.41, 5.74) is 1.06. The molecule has 0 spiro atoms. The number of benzene rings is 1. The number of rotatable bonds is 6. The minimum absolute atomic E-state index is 0.142. The quantitative estimate of drug-likeness (QED) is 0.616. The molecule has 0 heterocycles. The van der Waals surface area contributed by atoms with Crippen LogP contribution in [0.3, 0.4) is 0 Å². The number of hydrogen-bond acceptors (Lipinski definition) is 4. The molecule has 0 aliphatic heterocycles. The second-order valence-electron chi connectivity index (χ2n) is 3.65. The normalized spacial score (nSPS) is 10.9. The maximum absolute atomic E-state index is 10.6. The molecule has 96 valence electrons. The van der Waals surface area contributed by atoms with Gasteiger partial charge in [-0.1, -0.05) is 0 Å². The fourth-order valence-corrected chi connectivity index (χ4v) is 1.32. The second-order valence-corrected chi connectivity index (χ2v) is 3.65. The average Bonchev–Trinajstić information content (AvgIpc) is 2.35. The van der Waals surface area contributed by atoms with Gasteiger partial charge in [0.15, 0.2) is 11.5 Å². The van der Waals surface area contributed by atoms with Gasteiger partial charge in [-0.2, -0.15) is 0 Å². The number of carbonyl (C=O) groups is 2. The summed E-state index contributed by atoms with van der Waals surface area (Å²) < 4.78 is 10.5. The van der Waals surface area contributed by atoms with Crippen LogP contribution in [0, 0.1) is 0 Å². The Morgan fingerprint density at radius 3 is 2.67 bits per heavy atom. The van der Waals surface area contributed by atoms with Crippen LogP contribution in [-0.2, 0) is 4.79 Å². The Balaban J connectivity index is 2.78. The van der Waals surface area contributed by atoms with Gasteiger partial charge in [0, 0.05) is 11.6 Å². The Kier molecular flexibility index (Phi) is 4.92. The highest BCUT2D eigenvalue weighted by atomic mass is 16.5. The minimum atomic E-state index is -1.01. The number of carbonyl (C=O) groups excluding carboxylic acids is 1. The lowest BCUT2D eigenvalue weighted by molar-refractivity contribution is -0.131. The zero-order valence-electron chi connectivity index (χ0n) is 10.2. The number of carboxylic acid groups (broad SMARTS) is 1. The van der Waals surface area contributed by atoms with E-state index < -0.39 is 5.97 Å². The van der Waals surface area contributed by atoms with Gasteiger partial charge >= 0.3 is 5.97 Å². The van der Waals surface area contributed by atoms with Gasteiger partial charge in [-0.05, 0) is 30.7 Å². The first-order valence-electron chi connectivity index (χ1n) is 5.23. The van der Waals surface area contributed by atoms with Gasteiger partial charge in [-0.3, -0.25) is 4.79 Å². The van der Waals surface area contributed by atoms with Crippen molar-refractivity contribution < 1.29 is 24.2 Å². The summed E-state index contributed by atoms with van der Waals surface area (Å²) in [5.74, 6) is -0.122. The SMILES string of the molecule is COc1cc(C=O)ccc1OCC(C)=CC(=O)O. The molecule has 0 aliphatic carbocycles. The van der Waals surface area contributed by atoms with Crippen LogP contribution in [0.1, 0.15) is 17.3 Å². The Bertz CT molecular complexity index is 476. The number of carboxylic acids is 1. The summed E-state index contributed by atoms with van der Waals surface area (Å²) in [6.07, 6.45) is 1.79. The van der Waals surface area contributed by atoms with E-state index in [1.165, 1.54) is 7.11 Å². The fraction of sp³-hybridized carbons (Fsp3) is 0.231. The predicted octanol–water partition coefficient (Wildman–Crippen LogP) is 1.92. The zero-order valence-corrected chi connectivity index (χ0v) is 10.2. The van der Waals surface area contributed by atoms with Crippen LogP contribution in [-0.4, -0.2) is 31.1 Å². The van der Waals surface area contributed by atoms with Crippen molar-refractivity contribution >= 4 is 12.3 Å². The van der Waals surface area contributed by atoms with Gasteiger partial charge < -0.3 is 14.6 Å². The molecule has 0 saturated heterocycles. The van der Waals surface area contributed by atoms with Crippen LogP contribution in [0.15, 0.2) is 29.8 Å².